The monoisotopic (exact) mass is 406 g/mol. The number of aryl methyl sites for hydroxylation is 2. The summed E-state index contributed by atoms with van der Waals surface area (Å²) in [6.45, 7) is 1.89. The minimum absolute atomic E-state index is 0.0474. The smallest absolute Gasteiger partial charge is 0.277 e. The maximum Gasteiger partial charge on any atom is 0.277 e. The van der Waals surface area contributed by atoms with Gasteiger partial charge in [-0.05, 0) is 36.8 Å². The van der Waals surface area contributed by atoms with E-state index in [1.165, 1.54) is 13.4 Å². The molecule has 25 heavy (non-hydrogen) atoms. The summed E-state index contributed by atoms with van der Waals surface area (Å²) in [5.74, 6) is -1.15. The van der Waals surface area contributed by atoms with Gasteiger partial charge in [0, 0.05) is 17.2 Å². The van der Waals surface area contributed by atoms with Crippen LogP contribution < -0.4 is 10.8 Å². The first-order valence-corrected chi connectivity index (χ1v) is 8.21. The Kier molecular flexibility index (Phi) is 4.73. The van der Waals surface area contributed by atoms with Gasteiger partial charge >= 0.3 is 0 Å². The number of imidazole rings is 1. The largest absolute Gasteiger partial charge is 0.352 e. The summed E-state index contributed by atoms with van der Waals surface area (Å²) in [6.07, 6.45) is 1.50. The van der Waals surface area contributed by atoms with E-state index in [9.17, 15) is 4.79 Å². The molecule has 0 radical (unpaired) electrons. The number of amides is 1. The summed E-state index contributed by atoms with van der Waals surface area (Å²) in [7, 11) is 3.06. The predicted molar refractivity (Wildman–Crippen MR) is 97.3 cm³/mol. The summed E-state index contributed by atoms with van der Waals surface area (Å²) in [5, 5.41) is 3.02. The van der Waals surface area contributed by atoms with Crippen LogP contribution in [-0.2, 0) is 11.9 Å². The Morgan fingerprint density at radius 2 is 2.12 bits per heavy atom. The second kappa shape index (κ2) is 6.81. The standard InChI is InChI=1S/C17H16BrFN4O2/c1-9-6-10(18)4-5-12(9)21-15-11(17(24)22-25-3)7-13-16(14(15)19)20-8-23(13)2/h4-8,21H,1-3H3,(H,22,24). The molecule has 0 saturated heterocycles. The fourth-order valence-corrected chi connectivity index (χ4v) is 3.05. The van der Waals surface area contributed by atoms with Crippen LogP contribution in [0.25, 0.3) is 11.0 Å². The van der Waals surface area contributed by atoms with E-state index in [0.29, 0.717) is 11.2 Å². The highest BCUT2D eigenvalue weighted by atomic mass is 79.9. The van der Waals surface area contributed by atoms with Crippen molar-refractivity contribution in [3.8, 4) is 0 Å². The fraction of sp³-hybridized carbons (Fsp3) is 0.176. The van der Waals surface area contributed by atoms with E-state index in [-0.39, 0.29) is 16.8 Å². The number of hydrogen-bond acceptors (Lipinski definition) is 4. The van der Waals surface area contributed by atoms with Crippen molar-refractivity contribution in [2.24, 2.45) is 7.05 Å². The third-order valence-corrected chi connectivity index (χ3v) is 4.34. The Labute approximate surface area is 152 Å². The van der Waals surface area contributed by atoms with Crippen LogP contribution in [0, 0.1) is 12.7 Å². The Morgan fingerprint density at radius 3 is 2.80 bits per heavy atom. The van der Waals surface area contributed by atoms with Crippen LogP contribution in [0.2, 0.25) is 0 Å². The molecule has 1 heterocycles. The molecule has 6 nitrogen and oxygen atoms in total. The van der Waals surface area contributed by atoms with Crippen LogP contribution in [-0.4, -0.2) is 22.6 Å². The third kappa shape index (κ3) is 3.22. The van der Waals surface area contributed by atoms with Crippen molar-refractivity contribution in [2.75, 3.05) is 12.4 Å². The van der Waals surface area contributed by atoms with Crippen molar-refractivity contribution in [2.45, 2.75) is 6.92 Å². The zero-order valence-corrected chi connectivity index (χ0v) is 15.4. The van der Waals surface area contributed by atoms with Crippen molar-refractivity contribution in [3.63, 3.8) is 0 Å². The van der Waals surface area contributed by atoms with Gasteiger partial charge in [-0.15, -0.1) is 0 Å². The Hall–Kier alpha value is -2.45. The quantitative estimate of drug-likeness (QED) is 0.646. The highest BCUT2D eigenvalue weighted by Gasteiger charge is 2.21. The van der Waals surface area contributed by atoms with Crippen LogP contribution in [0.1, 0.15) is 15.9 Å². The molecule has 0 atom stereocenters. The van der Waals surface area contributed by atoms with E-state index in [2.05, 4.69) is 36.5 Å². The van der Waals surface area contributed by atoms with Gasteiger partial charge in [-0.2, -0.15) is 0 Å². The van der Waals surface area contributed by atoms with E-state index in [0.717, 1.165) is 10.0 Å². The molecule has 0 bridgehead atoms. The minimum Gasteiger partial charge on any atom is -0.352 e. The first kappa shape index (κ1) is 17.4. The van der Waals surface area contributed by atoms with Crippen LogP contribution in [0.3, 0.4) is 0 Å². The lowest BCUT2D eigenvalue weighted by Gasteiger charge is -2.15. The van der Waals surface area contributed by atoms with Crippen molar-refractivity contribution in [1.82, 2.24) is 15.0 Å². The number of nitrogens with one attached hydrogen (secondary N) is 2. The van der Waals surface area contributed by atoms with Crippen LogP contribution in [0.15, 0.2) is 35.1 Å². The number of rotatable bonds is 4. The molecule has 2 N–H and O–H groups in total. The number of fused-ring (bicyclic) bond motifs is 1. The SMILES string of the molecule is CONC(=O)c1cc2c(ncn2C)c(F)c1Nc1ccc(Br)cc1C. The Morgan fingerprint density at radius 1 is 1.36 bits per heavy atom. The van der Waals surface area contributed by atoms with Gasteiger partial charge in [-0.3, -0.25) is 9.63 Å². The molecule has 3 rings (SSSR count). The van der Waals surface area contributed by atoms with Gasteiger partial charge in [-0.25, -0.2) is 14.9 Å². The maximum atomic E-state index is 15.1. The van der Waals surface area contributed by atoms with E-state index < -0.39 is 11.7 Å². The molecular weight excluding hydrogens is 391 g/mol. The van der Waals surface area contributed by atoms with Gasteiger partial charge in [0.15, 0.2) is 5.82 Å². The lowest BCUT2D eigenvalue weighted by molar-refractivity contribution is 0.0538. The van der Waals surface area contributed by atoms with Gasteiger partial charge in [0.1, 0.15) is 5.52 Å². The molecule has 0 fully saturated rings. The summed E-state index contributed by atoms with van der Waals surface area (Å²) >= 11 is 3.39. The Bertz CT molecular complexity index is 971. The molecule has 130 valence electrons. The highest BCUT2D eigenvalue weighted by molar-refractivity contribution is 9.10. The van der Waals surface area contributed by atoms with Crippen molar-refractivity contribution >= 4 is 44.2 Å². The summed E-state index contributed by atoms with van der Waals surface area (Å²) in [4.78, 5) is 21.1. The van der Waals surface area contributed by atoms with Gasteiger partial charge in [0.05, 0.1) is 30.2 Å². The molecule has 0 aliphatic heterocycles. The normalized spacial score (nSPS) is 10.9. The topological polar surface area (TPSA) is 68.2 Å². The van der Waals surface area contributed by atoms with Crippen molar-refractivity contribution in [1.29, 1.82) is 0 Å². The first-order chi connectivity index (χ1) is 11.9. The number of carbonyl (C=O) groups excluding carboxylic acids is 1. The number of anilines is 2. The first-order valence-electron chi connectivity index (χ1n) is 7.42. The van der Waals surface area contributed by atoms with Gasteiger partial charge in [0.25, 0.3) is 5.91 Å². The molecule has 2 aromatic carbocycles. The highest BCUT2D eigenvalue weighted by Crippen LogP contribution is 2.32. The summed E-state index contributed by atoms with van der Waals surface area (Å²) in [5.41, 5.74) is 4.68. The molecule has 0 saturated carbocycles. The van der Waals surface area contributed by atoms with Crippen LogP contribution >= 0.6 is 15.9 Å². The zero-order valence-electron chi connectivity index (χ0n) is 13.9. The number of hydroxylamine groups is 1. The number of benzene rings is 2. The number of carbonyl (C=O) groups is 1. The maximum absolute atomic E-state index is 15.1. The lowest BCUT2D eigenvalue weighted by Crippen LogP contribution is -2.23. The number of aromatic nitrogens is 2. The second-order valence-corrected chi connectivity index (χ2v) is 6.47. The van der Waals surface area contributed by atoms with E-state index in [4.69, 9.17) is 0 Å². The van der Waals surface area contributed by atoms with Gasteiger partial charge in [-0.1, -0.05) is 15.9 Å². The van der Waals surface area contributed by atoms with E-state index >= 15 is 4.39 Å². The van der Waals surface area contributed by atoms with Gasteiger partial charge < -0.3 is 9.88 Å². The van der Waals surface area contributed by atoms with Crippen molar-refractivity contribution < 1.29 is 14.0 Å². The summed E-state index contributed by atoms with van der Waals surface area (Å²) in [6, 6.07) is 7.12. The Balaban J connectivity index is 2.18. The van der Waals surface area contributed by atoms with Crippen LogP contribution in [0.5, 0.6) is 0 Å². The van der Waals surface area contributed by atoms with Crippen molar-refractivity contribution in [3.05, 3.63) is 52.0 Å². The fourth-order valence-electron chi connectivity index (χ4n) is 2.58. The molecule has 0 aliphatic rings. The molecule has 1 amide bonds. The molecular formula is C17H16BrFN4O2. The minimum atomic E-state index is -0.596. The average Bonchev–Trinajstić information content (AvgIpc) is 2.93. The van der Waals surface area contributed by atoms with E-state index in [1.807, 2.05) is 19.1 Å². The molecule has 0 aliphatic carbocycles. The zero-order chi connectivity index (χ0) is 18.1. The number of nitrogens with zero attached hydrogens (tertiary/aromatic N) is 2. The third-order valence-electron chi connectivity index (χ3n) is 3.85. The lowest BCUT2D eigenvalue weighted by atomic mass is 10.1. The van der Waals surface area contributed by atoms with Gasteiger partial charge in [0.2, 0.25) is 0 Å². The second-order valence-electron chi connectivity index (χ2n) is 5.56. The molecule has 0 unspecified atom stereocenters. The number of halogens is 2. The number of hydrogen-bond donors (Lipinski definition) is 2. The molecule has 8 heteroatoms. The van der Waals surface area contributed by atoms with E-state index in [1.54, 1.807) is 23.7 Å². The predicted octanol–water partition coefficient (Wildman–Crippen LogP) is 3.82. The molecule has 1 aromatic heterocycles. The average molecular weight is 407 g/mol. The summed E-state index contributed by atoms with van der Waals surface area (Å²) < 4.78 is 17.6. The molecule has 3 aromatic rings. The molecule has 0 spiro atoms. The van der Waals surface area contributed by atoms with Crippen LogP contribution in [0.4, 0.5) is 15.8 Å².